The molecule has 1 saturated heterocycles. The lowest BCUT2D eigenvalue weighted by atomic mass is 9.97. The first-order valence-electron chi connectivity index (χ1n) is 7.74. The van der Waals surface area contributed by atoms with Crippen molar-refractivity contribution in [3.8, 4) is 0 Å². The number of hydrogen-bond donors (Lipinski definition) is 0. The van der Waals surface area contributed by atoms with Crippen molar-refractivity contribution in [3.63, 3.8) is 0 Å². The first-order chi connectivity index (χ1) is 10.7. The van der Waals surface area contributed by atoms with Gasteiger partial charge in [-0.25, -0.2) is 4.98 Å². The van der Waals surface area contributed by atoms with E-state index in [0.29, 0.717) is 26.2 Å². The van der Waals surface area contributed by atoms with Crippen LogP contribution in [0.15, 0.2) is 12.4 Å². The molecule has 7 heteroatoms. The summed E-state index contributed by atoms with van der Waals surface area (Å²) in [5.74, 6) is 1.30. The largest absolute Gasteiger partial charge is 0.375 e. The van der Waals surface area contributed by atoms with Gasteiger partial charge in [0.05, 0.1) is 5.92 Å². The molecule has 0 aliphatic carbocycles. The van der Waals surface area contributed by atoms with Crippen LogP contribution in [0.25, 0.3) is 0 Å². The Bertz CT molecular complexity index is 549. The number of piperazine rings is 1. The zero-order chi connectivity index (χ0) is 15.5. The first-order valence-corrected chi connectivity index (χ1v) is 7.74. The van der Waals surface area contributed by atoms with E-state index in [1.165, 1.54) is 7.11 Å². The van der Waals surface area contributed by atoms with Gasteiger partial charge >= 0.3 is 0 Å². The van der Waals surface area contributed by atoms with Crippen molar-refractivity contribution in [3.05, 3.63) is 18.2 Å². The number of fused-ring (bicyclic) bond motifs is 1. The number of aryl methyl sites for hydroxylation is 1. The third-order valence-corrected chi connectivity index (χ3v) is 4.50. The summed E-state index contributed by atoms with van der Waals surface area (Å²) in [4.78, 5) is 32.4. The van der Waals surface area contributed by atoms with Crippen LogP contribution in [-0.2, 0) is 27.3 Å². The lowest BCUT2D eigenvalue weighted by Gasteiger charge is -2.37. The SMILES string of the molecule is COCC(=O)N1CCN(C(=O)[C@@H]2CCc3nccn3C2)CC1. The Kier molecular flexibility index (Phi) is 4.42. The Hall–Kier alpha value is -1.89. The van der Waals surface area contributed by atoms with E-state index in [0.717, 1.165) is 25.2 Å². The molecule has 1 aromatic rings. The van der Waals surface area contributed by atoms with E-state index >= 15 is 0 Å². The normalized spacial score (nSPS) is 21.6. The topological polar surface area (TPSA) is 67.7 Å². The van der Waals surface area contributed by atoms with Crippen molar-refractivity contribution in [1.29, 1.82) is 0 Å². The molecule has 1 aromatic heterocycles. The second kappa shape index (κ2) is 6.48. The van der Waals surface area contributed by atoms with Crippen molar-refractivity contribution in [2.24, 2.45) is 5.92 Å². The number of hydrogen-bond acceptors (Lipinski definition) is 4. The lowest BCUT2D eigenvalue weighted by molar-refractivity contribution is -0.144. The first kappa shape index (κ1) is 15.0. The molecule has 3 heterocycles. The average molecular weight is 306 g/mol. The number of carbonyl (C=O) groups is 2. The minimum Gasteiger partial charge on any atom is -0.375 e. The zero-order valence-electron chi connectivity index (χ0n) is 12.9. The molecular weight excluding hydrogens is 284 g/mol. The number of aromatic nitrogens is 2. The molecule has 2 aliphatic rings. The van der Waals surface area contributed by atoms with Crippen LogP contribution in [0.5, 0.6) is 0 Å². The van der Waals surface area contributed by atoms with Crippen LogP contribution in [0.1, 0.15) is 12.2 Å². The van der Waals surface area contributed by atoms with E-state index in [2.05, 4.69) is 9.55 Å². The minimum absolute atomic E-state index is 0.00433. The van der Waals surface area contributed by atoms with Gasteiger partial charge in [0.1, 0.15) is 12.4 Å². The Morgan fingerprint density at radius 2 is 2.00 bits per heavy atom. The van der Waals surface area contributed by atoms with Gasteiger partial charge < -0.3 is 19.1 Å². The van der Waals surface area contributed by atoms with E-state index in [-0.39, 0.29) is 24.3 Å². The molecule has 0 bridgehead atoms. The fraction of sp³-hybridized carbons (Fsp3) is 0.667. The highest BCUT2D eigenvalue weighted by atomic mass is 16.5. The maximum absolute atomic E-state index is 12.7. The smallest absolute Gasteiger partial charge is 0.248 e. The number of amides is 2. The molecule has 2 aliphatic heterocycles. The van der Waals surface area contributed by atoms with Crippen LogP contribution in [0, 0.1) is 5.92 Å². The van der Waals surface area contributed by atoms with Crippen LogP contribution in [0.2, 0.25) is 0 Å². The molecule has 0 saturated carbocycles. The highest BCUT2D eigenvalue weighted by molar-refractivity contribution is 5.80. The van der Waals surface area contributed by atoms with Gasteiger partial charge in [0, 0.05) is 58.6 Å². The highest BCUT2D eigenvalue weighted by Crippen LogP contribution is 2.21. The molecule has 0 unspecified atom stereocenters. The van der Waals surface area contributed by atoms with Crippen LogP contribution in [-0.4, -0.2) is 71.1 Å². The molecule has 1 atom stereocenters. The van der Waals surface area contributed by atoms with E-state index in [9.17, 15) is 9.59 Å². The molecule has 0 N–H and O–H groups in total. The number of ether oxygens (including phenoxy) is 1. The minimum atomic E-state index is -0.00433. The number of imidazole rings is 1. The van der Waals surface area contributed by atoms with Crippen LogP contribution < -0.4 is 0 Å². The summed E-state index contributed by atoms with van der Waals surface area (Å²) >= 11 is 0. The molecule has 3 rings (SSSR count). The second-order valence-electron chi connectivity index (χ2n) is 5.87. The molecule has 120 valence electrons. The number of carbonyl (C=O) groups excluding carboxylic acids is 2. The van der Waals surface area contributed by atoms with Crippen molar-refractivity contribution in [2.45, 2.75) is 19.4 Å². The Morgan fingerprint density at radius 3 is 2.73 bits per heavy atom. The van der Waals surface area contributed by atoms with Gasteiger partial charge in [-0.2, -0.15) is 0 Å². The third-order valence-electron chi connectivity index (χ3n) is 4.50. The standard InChI is InChI=1S/C15H22N4O3/c1-22-11-14(20)17-6-8-18(9-7-17)15(21)12-2-3-13-16-4-5-19(13)10-12/h4-5,12H,2-3,6-11H2,1H3/t12-/m1/s1. The summed E-state index contributed by atoms with van der Waals surface area (Å²) in [7, 11) is 1.52. The fourth-order valence-corrected chi connectivity index (χ4v) is 3.22. The maximum Gasteiger partial charge on any atom is 0.248 e. The van der Waals surface area contributed by atoms with Gasteiger partial charge in [0.15, 0.2) is 0 Å². The molecule has 2 amide bonds. The molecule has 0 aromatic carbocycles. The Balaban J connectivity index is 1.53. The van der Waals surface area contributed by atoms with E-state index in [1.54, 1.807) is 11.1 Å². The average Bonchev–Trinajstić information content (AvgIpc) is 3.02. The predicted octanol–water partition coefficient (Wildman–Crippen LogP) is -0.237. The fourth-order valence-electron chi connectivity index (χ4n) is 3.22. The lowest BCUT2D eigenvalue weighted by Crippen LogP contribution is -2.53. The summed E-state index contributed by atoms with van der Waals surface area (Å²) in [5.41, 5.74) is 0. The van der Waals surface area contributed by atoms with Crippen LogP contribution >= 0.6 is 0 Å². The van der Waals surface area contributed by atoms with E-state index in [1.807, 2.05) is 11.1 Å². The third kappa shape index (κ3) is 2.99. The molecule has 1 fully saturated rings. The molecule has 0 radical (unpaired) electrons. The van der Waals surface area contributed by atoms with Crippen molar-refractivity contribution < 1.29 is 14.3 Å². The summed E-state index contributed by atoms with van der Waals surface area (Å²) < 4.78 is 6.95. The Morgan fingerprint density at radius 1 is 1.27 bits per heavy atom. The molecular formula is C15H22N4O3. The number of methoxy groups -OCH3 is 1. The quantitative estimate of drug-likeness (QED) is 0.773. The van der Waals surface area contributed by atoms with Gasteiger partial charge in [-0.15, -0.1) is 0 Å². The van der Waals surface area contributed by atoms with Gasteiger partial charge in [0.2, 0.25) is 11.8 Å². The van der Waals surface area contributed by atoms with Gasteiger partial charge in [0.25, 0.3) is 0 Å². The van der Waals surface area contributed by atoms with Crippen molar-refractivity contribution in [2.75, 3.05) is 39.9 Å². The Labute approximate surface area is 129 Å². The number of rotatable bonds is 3. The second-order valence-corrected chi connectivity index (χ2v) is 5.87. The summed E-state index contributed by atoms with van der Waals surface area (Å²) in [6, 6.07) is 0. The molecule has 0 spiro atoms. The van der Waals surface area contributed by atoms with Crippen LogP contribution in [0.3, 0.4) is 0 Å². The van der Waals surface area contributed by atoms with E-state index < -0.39 is 0 Å². The summed E-state index contributed by atoms with van der Waals surface area (Å²) in [6.07, 6.45) is 5.45. The highest BCUT2D eigenvalue weighted by Gasteiger charge is 2.31. The van der Waals surface area contributed by atoms with Gasteiger partial charge in [-0.05, 0) is 6.42 Å². The summed E-state index contributed by atoms with van der Waals surface area (Å²) in [6.45, 7) is 3.24. The zero-order valence-corrected chi connectivity index (χ0v) is 12.9. The van der Waals surface area contributed by atoms with Gasteiger partial charge in [-0.1, -0.05) is 0 Å². The van der Waals surface area contributed by atoms with Crippen molar-refractivity contribution in [1.82, 2.24) is 19.4 Å². The van der Waals surface area contributed by atoms with Crippen molar-refractivity contribution >= 4 is 11.8 Å². The molecule has 7 nitrogen and oxygen atoms in total. The maximum atomic E-state index is 12.7. The number of nitrogens with zero attached hydrogens (tertiary/aromatic N) is 4. The van der Waals surface area contributed by atoms with E-state index in [4.69, 9.17) is 4.74 Å². The summed E-state index contributed by atoms with van der Waals surface area (Å²) in [5, 5.41) is 0. The predicted molar refractivity (Wildman–Crippen MR) is 79.1 cm³/mol. The monoisotopic (exact) mass is 306 g/mol. The van der Waals surface area contributed by atoms with Crippen LogP contribution in [0.4, 0.5) is 0 Å². The molecule has 22 heavy (non-hydrogen) atoms. The van der Waals surface area contributed by atoms with Gasteiger partial charge in [-0.3, -0.25) is 9.59 Å².